The molecule has 0 saturated heterocycles. The quantitative estimate of drug-likeness (QED) is 0.276. The Morgan fingerprint density at radius 2 is 1.72 bits per heavy atom. The lowest BCUT2D eigenvalue weighted by molar-refractivity contribution is -0.112. The van der Waals surface area contributed by atoms with Crippen molar-refractivity contribution in [3.63, 3.8) is 0 Å². The Balaban J connectivity index is 1.70. The number of hydrogen-bond donors (Lipinski definition) is 2. The number of nitrogens with zero attached hydrogens (tertiary/aromatic N) is 3. The summed E-state index contributed by atoms with van der Waals surface area (Å²) in [4.78, 5) is 12.6. The highest BCUT2D eigenvalue weighted by atomic mass is 16.3. The van der Waals surface area contributed by atoms with Gasteiger partial charge in [0.2, 0.25) is 0 Å². The van der Waals surface area contributed by atoms with Crippen molar-refractivity contribution in [2.75, 3.05) is 5.32 Å². The predicted molar refractivity (Wildman–Crippen MR) is 123 cm³/mol. The van der Waals surface area contributed by atoms with Gasteiger partial charge in [-0.3, -0.25) is 4.79 Å². The molecule has 0 saturated carbocycles. The van der Waals surface area contributed by atoms with Crippen molar-refractivity contribution in [3.8, 4) is 17.9 Å². The summed E-state index contributed by atoms with van der Waals surface area (Å²) in [5, 5.41) is 31.9. The molecule has 1 amide bonds. The van der Waals surface area contributed by atoms with Gasteiger partial charge in [0.15, 0.2) is 0 Å². The second-order valence-electron chi connectivity index (χ2n) is 7.17. The van der Waals surface area contributed by atoms with Crippen LogP contribution >= 0.6 is 0 Å². The number of phenolic OH excluding ortho intramolecular Hbond substituents is 1. The predicted octanol–water partition coefficient (Wildman–Crippen LogP) is 4.81. The van der Waals surface area contributed by atoms with Gasteiger partial charge in [-0.25, -0.2) is 0 Å². The van der Waals surface area contributed by atoms with Crippen LogP contribution < -0.4 is 5.32 Å². The van der Waals surface area contributed by atoms with Crippen LogP contribution in [-0.4, -0.2) is 15.6 Å². The van der Waals surface area contributed by atoms with Crippen LogP contribution in [0.3, 0.4) is 0 Å². The molecule has 0 bridgehead atoms. The van der Waals surface area contributed by atoms with Crippen LogP contribution in [0.25, 0.3) is 17.0 Å². The van der Waals surface area contributed by atoms with Crippen molar-refractivity contribution in [2.24, 2.45) is 0 Å². The molecule has 3 aromatic carbocycles. The number of carbonyl (C=O) groups is 1. The molecule has 0 fully saturated rings. The van der Waals surface area contributed by atoms with Gasteiger partial charge in [0.1, 0.15) is 17.4 Å². The van der Waals surface area contributed by atoms with Gasteiger partial charge < -0.3 is 15.0 Å². The summed E-state index contributed by atoms with van der Waals surface area (Å²) in [5.41, 5.74) is 3.59. The van der Waals surface area contributed by atoms with Crippen molar-refractivity contribution in [3.05, 3.63) is 101 Å². The first-order valence-electron chi connectivity index (χ1n) is 9.87. The molecule has 32 heavy (non-hydrogen) atoms. The van der Waals surface area contributed by atoms with E-state index in [0.717, 1.165) is 22.0 Å². The number of nitrogens with one attached hydrogen (secondary N) is 1. The molecule has 154 valence electrons. The highest BCUT2D eigenvalue weighted by Crippen LogP contribution is 2.25. The van der Waals surface area contributed by atoms with Gasteiger partial charge in [0.25, 0.3) is 5.91 Å². The van der Waals surface area contributed by atoms with E-state index in [1.165, 1.54) is 12.1 Å². The van der Waals surface area contributed by atoms with Gasteiger partial charge in [-0.1, -0.05) is 36.4 Å². The first-order chi connectivity index (χ1) is 15.6. The Morgan fingerprint density at radius 3 is 2.47 bits per heavy atom. The minimum absolute atomic E-state index is 0.0431. The van der Waals surface area contributed by atoms with Gasteiger partial charge in [-0.15, -0.1) is 0 Å². The number of para-hydroxylation sites is 1. The van der Waals surface area contributed by atoms with Crippen molar-refractivity contribution < 1.29 is 9.90 Å². The topological polar surface area (TPSA) is 102 Å². The van der Waals surface area contributed by atoms with Crippen LogP contribution in [-0.2, 0) is 11.3 Å². The maximum atomic E-state index is 12.6. The van der Waals surface area contributed by atoms with Gasteiger partial charge >= 0.3 is 0 Å². The van der Waals surface area contributed by atoms with E-state index in [2.05, 4.69) is 11.4 Å². The fraction of sp³-hybridized carbons (Fsp3) is 0.0385. The maximum Gasteiger partial charge on any atom is 0.266 e. The van der Waals surface area contributed by atoms with E-state index in [1.807, 2.05) is 59.3 Å². The summed E-state index contributed by atoms with van der Waals surface area (Å²) in [7, 11) is 0. The van der Waals surface area contributed by atoms with Crippen LogP contribution in [0.4, 0.5) is 5.69 Å². The molecule has 0 radical (unpaired) electrons. The van der Waals surface area contributed by atoms with Gasteiger partial charge in [-0.05, 0) is 48.0 Å². The summed E-state index contributed by atoms with van der Waals surface area (Å²) >= 11 is 0. The van der Waals surface area contributed by atoms with Crippen molar-refractivity contribution in [2.45, 2.75) is 6.54 Å². The summed E-state index contributed by atoms with van der Waals surface area (Å²) < 4.78 is 2.00. The number of carbonyl (C=O) groups excluding carboxylic acids is 1. The van der Waals surface area contributed by atoms with E-state index < -0.39 is 5.91 Å². The number of anilines is 1. The van der Waals surface area contributed by atoms with E-state index in [4.69, 9.17) is 0 Å². The second kappa shape index (κ2) is 8.91. The third-order valence-corrected chi connectivity index (χ3v) is 5.09. The largest absolute Gasteiger partial charge is 0.508 e. The van der Waals surface area contributed by atoms with Gasteiger partial charge in [0.05, 0.1) is 11.6 Å². The van der Waals surface area contributed by atoms with Crippen molar-refractivity contribution in [1.82, 2.24) is 4.57 Å². The molecule has 6 nitrogen and oxygen atoms in total. The highest BCUT2D eigenvalue weighted by Gasteiger charge is 2.13. The standard InChI is InChI=1S/C26H18N4O2/c27-14-18-5-1-2-6-19(18)16-30-17-21(24-7-3-4-8-25(24)30)13-20(15-28)26(32)29-22-9-11-23(31)12-10-22/h1-13,17,31H,16H2,(H,29,32)/b20-13+. The number of hydrogen-bond acceptors (Lipinski definition) is 4. The minimum Gasteiger partial charge on any atom is -0.508 e. The number of rotatable bonds is 5. The first-order valence-corrected chi connectivity index (χ1v) is 9.87. The number of phenols is 1. The zero-order chi connectivity index (χ0) is 22.5. The average Bonchev–Trinajstić information content (AvgIpc) is 3.16. The molecule has 0 unspecified atom stereocenters. The van der Waals surface area contributed by atoms with E-state index in [-0.39, 0.29) is 11.3 Å². The third-order valence-electron chi connectivity index (χ3n) is 5.09. The van der Waals surface area contributed by atoms with E-state index >= 15 is 0 Å². The molecule has 2 N–H and O–H groups in total. The number of amides is 1. The lowest BCUT2D eigenvalue weighted by atomic mass is 10.1. The molecule has 4 rings (SSSR count). The number of aromatic hydroxyl groups is 1. The van der Waals surface area contributed by atoms with Crippen molar-refractivity contribution in [1.29, 1.82) is 10.5 Å². The van der Waals surface area contributed by atoms with Crippen LogP contribution in [0, 0.1) is 22.7 Å². The van der Waals surface area contributed by atoms with Crippen LogP contribution in [0.5, 0.6) is 5.75 Å². The second-order valence-corrected chi connectivity index (χ2v) is 7.17. The molecular weight excluding hydrogens is 400 g/mol. The number of aromatic nitrogens is 1. The van der Waals surface area contributed by atoms with Gasteiger partial charge in [-0.2, -0.15) is 10.5 Å². The number of benzene rings is 3. The molecule has 0 aliphatic rings. The Hall–Kier alpha value is -4.81. The average molecular weight is 418 g/mol. The fourth-order valence-electron chi connectivity index (χ4n) is 3.52. The normalized spacial score (nSPS) is 11.0. The molecule has 6 heteroatoms. The number of fused-ring (bicyclic) bond motifs is 1. The van der Waals surface area contributed by atoms with E-state index in [0.29, 0.717) is 17.8 Å². The van der Waals surface area contributed by atoms with Crippen LogP contribution in [0.1, 0.15) is 16.7 Å². The van der Waals surface area contributed by atoms with Crippen LogP contribution in [0.2, 0.25) is 0 Å². The third kappa shape index (κ3) is 4.21. The molecular formula is C26H18N4O2. The summed E-state index contributed by atoms with van der Waals surface area (Å²) in [6.07, 6.45) is 3.44. The van der Waals surface area contributed by atoms with E-state index in [1.54, 1.807) is 24.3 Å². The van der Waals surface area contributed by atoms with Crippen molar-refractivity contribution >= 4 is 28.6 Å². The van der Waals surface area contributed by atoms with Crippen LogP contribution in [0.15, 0.2) is 84.6 Å². The molecule has 0 atom stereocenters. The molecule has 0 spiro atoms. The molecule has 0 aliphatic carbocycles. The lowest BCUT2D eigenvalue weighted by Gasteiger charge is -2.07. The Morgan fingerprint density at radius 1 is 1.00 bits per heavy atom. The molecule has 1 aromatic heterocycles. The highest BCUT2D eigenvalue weighted by molar-refractivity contribution is 6.10. The van der Waals surface area contributed by atoms with E-state index in [9.17, 15) is 20.4 Å². The Bertz CT molecular complexity index is 1420. The smallest absolute Gasteiger partial charge is 0.266 e. The van der Waals surface area contributed by atoms with Gasteiger partial charge in [0, 0.05) is 34.9 Å². The molecule has 0 aliphatic heterocycles. The molecule has 4 aromatic rings. The maximum absolute atomic E-state index is 12.6. The Labute approximate surface area is 184 Å². The zero-order valence-electron chi connectivity index (χ0n) is 17.0. The lowest BCUT2D eigenvalue weighted by Crippen LogP contribution is -2.13. The summed E-state index contributed by atoms with van der Waals surface area (Å²) in [6.45, 7) is 0.486. The summed E-state index contributed by atoms with van der Waals surface area (Å²) in [6, 6.07) is 25.3. The monoisotopic (exact) mass is 418 g/mol. The zero-order valence-corrected chi connectivity index (χ0v) is 17.0. The fourth-order valence-corrected chi connectivity index (χ4v) is 3.52. The minimum atomic E-state index is -0.537. The summed E-state index contributed by atoms with van der Waals surface area (Å²) in [5.74, 6) is -0.449. The first kappa shape index (κ1) is 20.5. The molecule has 1 heterocycles. The Kier molecular flexibility index (Phi) is 5.70. The number of nitriles is 2. The SMILES string of the molecule is N#C/C(=C\c1cn(Cc2ccccc2C#N)c2ccccc12)C(=O)Nc1ccc(O)cc1.